The lowest BCUT2D eigenvalue weighted by Gasteiger charge is -2.44. The minimum Gasteiger partial charge on any atom is -0.366 e. The molecule has 3 saturated heterocycles. The lowest BCUT2D eigenvalue weighted by atomic mass is 9.76. The Morgan fingerprint density at radius 1 is 1.08 bits per heavy atom. The van der Waals surface area contributed by atoms with E-state index in [1.54, 1.807) is 24.4 Å². The van der Waals surface area contributed by atoms with Gasteiger partial charge in [0.1, 0.15) is 6.61 Å². The number of hydrogen-bond acceptors (Lipinski definition) is 6. The van der Waals surface area contributed by atoms with Gasteiger partial charge in [0.15, 0.2) is 9.84 Å². The Hall–Kier alpha value is -2.98. The van der Waals surface area contributed by atoms with Crippen LogP contribution in [0.4, 0.5) is 4.79 Å². The third-order valence-corrected chi connectivity index (χ3v) is 8.68. The van der Waals surface area contributed by atoms with Crippen molar-refractivity contribution in [3.05, 3.63) is 59.9 Å². The molecule has 9 nitrogen and oxygen atoms in total. The van der Waals surface area contributed by atoms with Crippen molar-refractivity contribution in [1.29, 1.82) is 0 Å². The third kappa shape index (κ3) is 5.24. The zero-order valence-corrected chi connectivity index (χ0v) is 21.2. The number of morpholine rings is 1. The van der Waals surface area contributed by atoms with Crippen molar-refractivity contribution < 1.29 is 22.7 Å². The molecule has 10 heteroatoms. The molecular formula is C26H32N4O5S. The quantitative estimate of drug-likeness (QED) is 0.672. The van der Waals surface area contributed by atoms with Gasteiger partial charge in [0.05, 0.1) is 17.0 Å². The van der Waals surface area contributed by atoms with Crippen LogP contribution in [-0.4, -0.2) is 86.3 Å². The Morgan fingerprint density at radius 3 is 2.56 bits per heavy atom. The Balaban J connectivity index is 1.29. The molecule has 192 valence electrons. The highest BCUT2D eigenvalue weighted by Gasteiger charge is 2.38. The predicted octanol–water partition coefficient (Wildman–Crippen LogP) is 2.04. The van der Waals surface area contributed by atoms with Gasteiger partial charge in [0.25, 0.3) is 0 Å². The summed E-state index contributed by atoms with van der Waals surface area (Å²) in [4.78, 5) is 33.4. The SMILES string of the molecule is CS(=O)(=O)c1cccc(C(c2cccnc2)C2CCN(C(=O)N3CCC4OCC(=O)NC4C3)CC2)c1. The van der Waals surface area contributed by atoms with Gasteiger partial charge in [-0.2, -0.15) is 0 Å². The van der Waals surface area contributed by atoms with E-state index in [-0.39, 0.29) is 42.5 Å². The lowest BCUT2D eigenvalue weighted by molar-refractivity contribution is -0.139. The summed E-state index contributed by atoms with van der Waals surface area (Å²) in [7, 11) is -3.33. The summed E-state index contributed by atoms with van der Waals surface area (Å²) < 4.78 is 30.0. The van der Waals surface area contributed by atoms with Crippen molar-refractivity contribution in [2.75, 3.05) is 39.0 Å². The fourth-order valence-electron chi connectivity index (χ4n) is 5.73. The largest absolute Gasteiger partial charge is 0.366 e. The maximum Gasteiger partial charge on any atom is 0.320 e. The van der Waals surface area contributed by atoms with Crippen molar-refractivity contribution in [1.82, 2.24) is 20.1 Å². The van der Waals surface area contributed by atoms with Crippen LogP contribution in [-0.2, 0) is 19.4 Å². The highest BCUT2D eigenvalue weighted by Crippen LogP contribution is 2.38. The topological polar surface area (TPSA) is 109 Å². The summed E-state index contributed by atoms with van der Waals surface area (Å²) in [6.45, 7) is 2.42. The molecule has 0 saturated carbocycles. The van der Waals surface area contributed by atoms with E-state index in [2.05, 4.69) is 10.3 Å². The zero-order chi connectivity index (χ0) is 25.3. The van der Waals surface area contributed by atoms with E-state index in [0.717, 1.165) is 24.0 Å². The number of piperidine rings is 2. The smallest absolute Gasteiger partial charge is 0.320 e. The molecule has 5 rings (SSSR count). The van der Waals surface area contributed by atoms with Crippen LogP contribution in [0.1, 0.15) is 36.3 Å². The maximum absolute atomic E-state index is 13.3. The molecule has 0 aliphatic carbocycles. The number of ether oxygens (including phenoxy) is 1. The second-order valence-corrected chi connectivity index (χ2v) is 12.0. The van der Waals surface area contributed by atoms with Crippen LogP contribution < -0.4 is 5.32 Å². The molecule has 4 heterocycles. The molecule has 3 atom stereocenters. The number of sulfone groups is 1. The van der Waals surface area contributed by atoms with Gasteiger partial charge in [0, 0.05) is 50.7 Å². The Labute approximate surface area is 211 Å². The first-order valence-corrected chi connectivity index (χ1v) is 14.3. The molecule has 1 aromatic heterocycles. The molecule has 3 aliphatic heterocycles. The van der Waals surface area contributed by atoms with Gasteiger partial charge in [-0.15, -0.1) is 0 Å². The Morgan fingerprint density at radius 2 is 1.83 bits per heavy atom. The van der Waals surface area contributed by atoms with E-state index >= 15 is 0 Å². The maximum atomic E-state index is 13.3. The normalized spacial score (nSPS) is 24.1. The molecule has 0 spiro atoms. The number of likely N-dealkylation sites (tertiary alicyclic amines) is 2. The summed E-state index contributed by atoms with van der Waals surface area (Å²) in [5.41, 5.74) is 1.99. The number of aromatic nitrogens is 1. The molecule has 3 amide bonds. The van der Waals surface area contributed by atoms with Crippen molar-refractivity contribution >= 4 is 21.8 Å². The van der Waals surface area contributed by atoms with Crippen molar-refractivity contribution in [3.63, 3.8) is 0 Å². The number of pyridine rings is 1. The van der Waals surface area contributed by atoms with Gasteiger partial charge in [-0.05, 0) is 54.5 Å². The Kier molecular flexibility index (Phi) is 6.98. The van der Waals surface area contributed by atoms with E-state index in [0.29, 0.717) is 37.5 Å². The zero-order valence-electron chi connectivity index (χ0n) is 20.4. The number of nitrogens with zero attached hydrogens (tertiary/aromatic N) is 3. The first-order valence-electron chi connectivity index (χ1n) is 12.4. The van der Waals surface area contributed by atoms with E-state index in [4.69, 9.17) is 4.74 Å². The van der Waals surface area contributed by atoms with Crippen molar-refractivity contribution in [3.8, 4) is 0 Å². The summed E-state index contributed by atoms with van der Waals surface area (Å²) in [5.74, 6) is 0.0978. The summed E-state index contributed by atoms with van der Waals surface area (Å²) in [5, 5.41) is 2.95. The molecule has 2 aromatic rings. The molecule has 1 N–H and O–H groups in total. The molecule has 36 heavy (non-hydrogen) atoms. The van der Waals surface area contributed by atoms with Crippen LogP contribution in [0.25, 0.3) is 0 Å². The number of amides is 3. The van der Waals surface area contributed by atoms with Gasteiger partial charge < -0.3 is 19.9 Å². The van der Waals surface area contributed by atoms with Gasteiger partial charge in [0.2, 0.25) is 5.91 Å². The number of rotatable bonds is 4. The molecule has 1 aromatic carbocycles. The molecule has 3 unspecified atom stereocenters. The second kappa shape index (κ2) is 10.2. The predicted molar refractivity (Wildman–Crippen MR) is 133 cm³/mol. The molecule has 3 fully saturated rings. The van der Waals surface area contributed by atoms with E-state index in [1.807, 2.05) is 34.2 Å². The molecular weight excluding hydrogens is 480 g/mol. The average molecular weight is 513 g/mol. The minimum atomic E-state index is -3.33. The van der Waals surface area contributed by atoms with E-state index in [1.165, 1.54) is 6.26 Å². The summed E-state index contributed by atoms with van der Waals surface area (Å²) in [6.07, 6.45) is 7.09. The van der Waals surface area contributed by atoms with E-state index in [9.17, 15) is 18.0 Å². The number of carbonyl (C=O) groups is 2. The van der Waals surface area contributed by atoms with Crippen LogP contribution in [0, 0.1) is 5.92 Å². The first-order chi connectivity index (χ1) is 17.3. The first kappa shape index (κ1) is 24.7. The third-order valence-electron chi connectivity index (χ3n) is 7.57. The average Bonchev–Trinajstić information content (AvgIpc) is 2.89. The number of hydrogen-bond donors (Lipinski definition) is 1. The highest BCUT2D eigenvalue weighted by atomic mass is 32.2. The van der Waals surface area contributed by atoms with Gasteiger partial charge >= 0.3 is 6.03 Å². The van der Waals surface area contributed by atoms with Crippen LogP contribution in [0.15, 0.2) is 53.7 Å². The number of urea groups is 1. The van der Waals surface area contributed by atoms with Gasteiger partial charge in [-0.25, -0.2) is 13.2 Å². The van der Waals surface area contributed by atoms with Crippen LogP contribution in [0.5, 0.6) is 0 Å². The number of carbonyl (C=O) groups excluding carboxylic acids is 2. The van der Waals surface area contributed by atoms with Crippen molar-refractivity contribution in [2.24, 2.45) is 5.92 Å². The molecule has 0 bridgehead atoms. The summed E-state index contributed by atoms with van der Waals surface area (Å²) >= 11 is 0. The lowest BCUT2D eigenvalue weighted by Crippen LogP contribution is -2.62. The van der Waals surface area contributed by atoms with E-state index < -0.39 is 9.84 Å². The fraction of sp³-hybridized carbons (Fsp3) is 0.500. The minimum absolute atomic E-state index is 0.00345. The summed E-state index contributed by atoms with van der Waals surface area (Å²) in [6, 6.07) is 11.0. The van der Waals surface area contributed by atoms with Gasteiger partial charge in [-0.1, -0.05) is 18.2 Å². The van der Waals surface area contributed by atoms with Crippen molar-refractivity contribution in [2.45, 2.75) is 42.2 Å². The molecule has 3 aliphatic rings. The molecule has 0 radical (unpaired) electrons. The van der Waals surface area contributed by atoms with Crippen LogP contribution >= 0.6 is 0 Å². The van der Waals surface area contributed by atoms with Crippen LogP contribution in [0.3, 0.4) is 0 Å². The number of fused-ring (bicyclic) bond motifs is 1. The van der Waals surface area contributed by atoms with Gasteiger partial charge in [-0.3, -0.25) is 9.78 Å². The monoisotopic (exact) mass is 512 g/mol. The fourth-order valence-corrected chi connectivity index (χ4v) is 6.41. The second-order valence-electron chi connectivity index (χ2n) is 9.97. The standard InChI is InChI=1S/C26H32N4O5S/c1-36(33,34)21-6-2-4-19(14-21)25(20-5-3-10-27-15-20)18-7-11-29(12-8-18)26(32)30-13-9-23-22(16-30)28-24(31)17-35-23/h2-6,10,14-15,18,22-23,25H,7-9,11-13,16-17H2,1H3,(H,28,31). The van der Waals surface area contributed by atoms with Crippen LogP contribution in [0.2, 0.25) is 0 Å². The number of benzene rings is 1. The number of nitrogens with one attached hydrogen (secondary N) is 1. The highest BCUT2D eigenvalue weighted by molar-refractivity contribution is 7.90. The Bertz CT molecular complexity index is 1210.